The normalized spacial score (nSPS) is 16.4. The average molecular weight is 276 g/mol. The molecule has 5 nitrogen and oxygen atoms in total. The fraction of sp³-hybridized carbons (Fsp3) is 0.462. The lowest BCUT2D eigenvalue weighted by Gasteiger charge is -2.22. The van der Waals surface area contributed by atoms with E-state index in [9.17, 15) is 0 Å². The summed E-state index contributed by atoms with van der Waals surface area (Å²) >= 11 is 1.18. The van der Waals surface area contributed by atoms with E-state index in [1.807, 2.05) is 18.2 Å². The van der Waals surface area contributed by atoms with E-state index in [0.29, 0.717) is 28.6 Å². The number of nitrogens with zero attached hydrogens (tertiary/aromatic N) is 3. The van der Waals surface area contributed by atoms with Crippen molar-refractivity contribution < 1.29 is 4.74 Å². The van der Waals surface area contributed by atoms with Gasteiger partial charge in [0.1, 0.15) is 11.8 Å². The van der Waals surface area contributed by atoms with Crippen LogP contribution in [0.25, 0.3) is 11.5 Å². The monoisotopic (exact) mass is 276 g/mol. The molecule has 0 saturated heterocycles. The first-order chi connectivity index (χ1) is 9.31. The topological polar surface area (TPSA) is 73.9 Å². The summed E-state index contributed by atoms with van der Waals surface area (Å²) in [5, 5.41) is 0.454. The Morgan fingerprint density at radius 1 is 1.16 bits per heavy atom. The van der Waals surface area contributed by atoms with Crippen molar-refractivity contribution in [2.75, 3.05) is 5.73 Å². The summed E-state index contributed by atoms with van der Waals surface area (Å²) < 4.78 is 10.1. The van der Waals surface area contributed by atoms with Crippen LogP contribution in [-0.4, -0.2) is 20.4 Å². The zero-order valence-electron chi connectivity index (χ0n) is 10.6. The van der Waals surface area contributed by atoms with Crippen molar-refractivity contribution in [3.8, 4) is 17.4 Å². The Labute approximate surface area is 116 Å². The van der Waals surface area contributed by atoms with Gasteiger partial charge >= 0.3 is 0 Å². The molecule has 3 rings (SSSR count). The molecule has 0 amide bonds. The van der Waals surface area contributed by atoms with E-state index in [-0.39, 0.29) is 0 Å². The molecule has 2 heterocycles. The first-order valence-electron chi connectivity index (χ1n) is 6.54. The number of pyridine rings is 1. The number of aromatic nitrogens is 3. The van der Waals surface area contributed by atoms with Crippen LogP contribution in [0.5, 0.6) is 5.88 Å². The van der Waals surface area contributed by atoms with E-state index in [4.69, 9.17) is 10.5 Å². The maximum Gasteiger partial charge on any atom is 0.214 e. The molecule has 0 radical (unpaired) electrons. The number of ether oxygens (including phenoxy) is 1. The third kappa shape index (κ3) is 3.01. The molecule has 2 N–H and O–H groups in total. The van der Waals surface area contributed by atoms with Crippen LogP contribution in [0.2, 0.25) is 0 Å². The van der Waals surface area contributed by atoms with E-state index >= 15 is 0 Å². The van der Waals surface area contributed by atoms with Crippen molar-refractivity contribution in [2.24, 2.45) is 0 Å². The van der Waals surface area contributed by atoms with E-state index < -0.39 is 0 Å². The summed E-state index contributed by atoms with van der Waals surface area (Å²) in [7, 11) is 0. The van der Waals surface area contributed by atoms with Gasteiger partial charge in [-0.25, -0.2) is 4.98 Å². The number of nitrogen functional groups attached to an aromatic ring is 1. The number of nitrogens with two attached hydrogens (primary N) is 1. The number of anilines is 1. The highest BCUT2D eigenvalue weighted by Gasteiger charge is 2.16. The lowest BCUT2D eigenvalue weighted by atomic mass is 9.98. The smallest absolute Gasteiger partial charge is 0.214 e. The van der Waals surface area contributed by atoms with Gasteiger partial charge in [-0.15, -0.1) is 0 Å². The standard InChI is InChI=1S/C13H16N4OS/c14-13-16-12(17-19-13)10-7-4-8-11(15-10)18-9-5-2-1-3-6-9/h4,7-9H,1-3,5-6H2,(H2,14,16,17). The predicted octanol–water partition coefficient (Wildman–Crippen LogP) is 2.89. The second-order valence-electron chi connectivity index (χ2n) is 4.70. The minimum Gasteiger partial charge on any atom is -0.474 e. The van der Waals surface area contributed by atoms with Crippen LogP contribution in [0.15, 0.2) is 18.2 Å². The molecular weight excluding hydrogens is 260 g/mol. The maximum atomic E-state index is 5.93. The van der Waals surface area contributed by atoms with Crippen LogP contribution in [-0.2, 0) is 0 Å². The minimum atomic E-state index is 0.296. The van der Waals surface area contributed by atoms with Gasteiger partial charge in [-0.2, -0.15) is 9.36 Å². The summed E-state index contributed by atoms with van der Waals surface area (Å²) in [5.41, 5.74) is 6.30. The molecule has 0 spiro atoms. The van der Waals surface area contributed by atoms with Crippen molar-refractivity contribution in [1.82, 2.24) is 14.3 Å². The summed E-state index contributed by atoms with van der Waals surface area (Å²) in [5.74, 6) is 1.22. The van der Waals surface area contributed by atoms with Crippen molar-refractivity contribution in [1.29, 1.82) is 0 Å². The summed E-state index contributed by atoms with van der Waals surface area (Å²) in [6.07, 6.45) is 6.34. The lowest BCUT2D eigenvalue weighted by Crippen LogP contribution is -2.20. The Hall–Kier alpha value is -1.69. The number of hydrogen-bond donors (Lipinski definition) is 1. The molecule has 1 aliphatic carbocycles. The quantitative estimate of drug-likeness (QED) is 0.933. The van der Waals surface area contributed by atoms with E-state index in [1.165, 1.54) is 30.8 Å². The van der Waals surface area contributed by atoms with Crippen molar-refractivity contribution in [3.05, 3.63) is 18.2 Å². The molecule has 0 bridgehead atoms. The summed E-state index contributed by atoms with van der Waals surface area (Å²) in [6.45, 7) is 0. The Morgan fingerprint density at radius 2 is 2.00 bits per heavy atom. The van der Waals surface area contributed by atoms with Crippen molar-refractivity contribution in [2.45, 2.75) is 38.2 Å². The van der Waals surface area contributed by atoms with E-state index in [2.05, 4.69) is 14.3 Å². The van der Waals surface area contributed by atoms with Gasteiger partial charge in [0, 0.05) is 17.6 Å². The van der Waals surface area contributed by atoms with Gasteiger partial charge in [0.15, 0.2) is 11.0 Å². The van der Waals surface area contributed by atoms with Crippen molar-refractivity contribution >= 4 is 16.7 Å². The number of hydrogen-bond acceptors (Lipinski definition) is 6. The molecule has 19 heavy (non-hydrogen) atoms. The molecule has 0 atom stereocenters. The first-order valence-corrected chi connectivity index (χ1v) is 7.32. The zero-order chi connectivity index (χ0) is 13.1. The fourth-order valence-electron chi connectivity index (χ4n) is 2.30. The fourth-order valence-corrected chi connectivity index (χ4v) is 2.74. The first kappa shape index (κ1) is 12.3. The second-order valence-corrected chi connectivity index (χ2v) is 5.48. The zero-order valence-corrected chi connectivity index (χ0v) is 11.4. The van der Waals surface area contributed by atoms with Crippen LogP contribution >= 0.6 is 11.5 Å². The SMILES string of the molecule is Nc1nc(-c2cccc(OC3CCCCC3)n2)ns1. The van der Waals surface area contributed by atoms with Crippen LogP contribution < -0.4 is 10.5 Å². The highest BCUT2D eigenvalue weighted by molar-refractivity contribution is 7.09. The van der Waals surface area contributed by atoms with Gasteiger partial charge in [-0.3, -0.25) is 0 Å². The Bertz CT molecular complexity index is 551. The summed E-state index contributed by atoms with van der Waals surface area (Å²) in [4.78, 5) is 8.59. The van der Waals surface area contributed by atoms with Gasteiger partial charge in [0.05, 0.1) is 0 Å². The van der Waals surface area contributed by atoms with Gasteiger partial charge in [0.2, 0.25) is 5.88 Å². The van der Waals surface area contributed by atoms with Gasteiger partial charge in [0.25, 0.3) is 0 Å². The molecule has 100 valence electrons. The Kier molecular flexibility index (Phi) is 3.59. The largest absolute Gasteiger partial charge is 0.474 e. The molecule has 1 saturated carbocycles. The van der Waals surface area contributed by atoms with Crippen LogP contribution in [0.3, 0.4) is 0 Å². The number of rotatable bonds is 3. The van der Waals surface area contributed by atoms with Crippen LogP contribution in [0, 0.1) is 0 Å². The molecule has 0 aliphatic heterocycles. The maximum absolute atomic E-state index is 5.93. The molecule has 2 aromatic heterocycles. The molecule has 1 aliphatic rings. The Morgan fingerprint density at radius 3 is 2.74 bits per heavy atom. The minimum absolute atomic E-state index is 0.296. The van der Waals surface area contributed by atoms with Crippen molar-refractivity contribution in [3.63, 3.8) is 0 Å². The van der Waals surface area contributed by atoms with E-state index in [0.717, 1.165) is 12.8 Å². The second kappa shape index (κ2) is 5.52. The molecule has 2 aromatic rings. The molecule has 0 aromatic carbocycles. The lowest BCUT2D eigenvalue weighted by molar-refractivity contribution is 0.149. The third-order valence-electron chi connectivity index (χ3n) is 3.23. The van der Waals surface area contributed by atoms with E-state index in [1.54, 1.807) is 0 Å². The van der Waals surface area contributed by atoms with Crippen LogP contribution in [0.1, 0.15) is 32.1 Å². The van der Waals surface area contributed by atoms with Gasteiger partial charge < -0.3 is 10.5 Å². The highest BCUT2D eigenvalue weighted by Crippen LogP contribution is 2.24. The van der Waals surface area contributed by atoms with Crippen LogP contribution in [0.4, 0.5) is 5.13 Å². The Balaban J connectivity index is 1.75. The third-order valence-corrected chi connectivity index (χ3v) is 3.78. The highest BCUT2D eigenvalue weighted by atomic mass is 32.1. The van der Waals surface area contributed by atoms with Gasteiger partial charge in [-0.05, 0) is 31.7 Å². The van der Waals surface area contributed by atoms with Gasteiger partial charge in [-0.1, -0.05) is 12.5 Å². The molecule has 6 heteroatoms. The summed E-state index contributed by atoms with van der Waals surface area (Å²) in [6, 6.07) is 5.67. The molecular formula is C13H16N4OS. The molecule has 1 fully saturated rings. The predicted molar refractivity (Wildman–Crippen MR) is 75.1 cm³/mol. The average Bonchev–Trinajstić information content (AvgIpc) is 2.87. The molecule has 0 unspecified atom stereocenters.